The molecule has 8 heteroatoms. The predicted molar refractivity (Wildman–Crippen MR) is 70.9 cm³/mol. The maximum Gasteiger partial charge on any atom is 0.573 e. The van der Waals surface area contributed by atoms with Gasteiger partial charge in [0.15, 0.2) is 0 Å². The van der Waals surface area contributed by atoms with Crippen LogP contribution in [0.2, 0.25) is 0 Å². The Hall–Kier alpha value is -2.25. The van der Waals surface area contributed by atoms with E-state index in [0.717, 1.165) is 0 Å². The van der Waals surface area contributed by atoms with E-state index in [2.05, 4.69) is 20.1 Å². The number of hydrogen-bond donors (Lipinski definition) is 1. The summed E-state index contributed by atoms with van der Waals surface area (Å²) in [5.74, 6) is 0.435. The quantitative estimate of drug-likeness (QED) is 0.920. The minimum absolute atomic E-state index is 0.157. The number of hydrogen-bond acceptors (Lipinski definition) is 4. The van der Waals surface area contributed by atoms with Crippen LogP contribution in [0.15, 0.2) is 30.6 Å². The highest BCUT2D eigenvalue weighted by Gasteiger charge is 2.31. The molecule has 0 saturated carbocycles. The fourth-order valence-corrected chi connectivity index (χ4v) is 1.82. The van der Waals surface area contributed by atoms with Gasteiger partial charge in [-0.3, -0.25) is 0 Å². The molecule has 0 aliphatic heterocycles. The minimum Gasteiger partial charge on any atom is -0.406 e. The number of anilines is 1. The van der Waals surface area contributed by atoms with Gasteiger partial charge in [-0.05, 0) is 26.0 Å². The van der Waals surface area contributed by atoms with E-state index in [1.54, 1.807) is 10.7 Å². The van der Waals surface area contributed by atoms with E-state index in [1.165, 1.54) is 24.5 Å². The van der Waals surface area contributed by atoms with Crippen molar-refractivity contribution in [2.75, 3.05) is 5.32 Å². The average molecular weight is 300 g/mol. The molecular formula is C13H15F3N4O. The van der Waals surface area contributed by atoms with Gasteiger partial charge in [-0.25, -0.2) is 9.67 Å². The fraction of sp³-hybridized carbons (Fsp3) is 0.385. The predicted octanol–water partition coefficient (Wildman–Crippen LogP) is 3.37. The van der Waals surface area contributed by atoms with Crippen molar-refractivity contribution in [1.29, 1.82) is 0 Å². The zero-order valence-electron chi connectivity index (χ0n) is 11.6. The monoisotopic (exact) mass is 300 g/mol. The van der Waals surface area contributed by atoms with Crippen LogP contribution >= 0.6 is 0 Å². The first-order valence-electron chi connectivity index (χ1n) is 6.33. The summed E-state index contributed by atoms with van der Waals surface area (Å²) in [5, 5.41) is 7.08. The van der Waals surface area contributed by atoms with Gasteiger partial charge in [0.25, 0.3) is 0 Å². The summed E-state index contributed by atoms with van der Waals surface area (Å²) in [7, 11) is 0. The van der Waals surface area contributed by atoms with Gasteiger partial charge in [-0.1, -0.05) is 6.07 Å². The van der Waals surface area contributed by atoms with Crippen LogP contribution in [0.25, 0.3) is 0 Å². The van der Waals surface area contributed by atoms with Crippen molar-refractivity contribution in [2.45, 2.75) is 32.8 Å². The van der Waals surface area contributed by atoms with Crippen LogP contribution in [-0.2, 0) is 6.54 Å². The highest BCUT2D eigenvalue weighted by molar-refractivity contribution is 5.48. The first-order chi connectivity index (χ1) is 9.85. The molecule has 0 spiro atoms. The summed E-state index contributed by atoms with van der Waals surface area (Å²) in [6, 6.07) is 5.82. The van der Waals surface area contributed by atoms with E-state index in [9.17, 15) is 13.2 Å². The second-order valence-corrected chi connectivity index (χ2v) is 4.64. The van der Waals surface area contributed by atoms with E-state index in [1.807, 2.05) is 13.8 Å². The van der Waals surface area contributed by atoms with E-state index < -0.39 is 6.36 Å². The molecule has 5 nitrogen and oxygen atoms in total. The van der Waals surface area contributed by atoms with Crippen molar-refractivity contribution in [3.63, 3.8) is 0 Å². The second-order valence-electron chi connectivity index (χ2n) is 4.64. The van der Waals surface area contributed by atoms with E-state index in [-0.39, 0.29) is 11.8 Å². The van der Waals surface area contributed by atoms with Crippen molar-refractivity contribution in [1.82, 2.24) is 14.8 Å². The van der Waals surface area contributed by atoms with Crippen LogP contribution in [0.5, 0.6) is 5.75 Å². The van der Waals surface area contributed by atoms with E-state index >= 15 is 0 Å². The zero-order valence-corrected chi connectivity index (χ0v) is 11.6. The molecule has 0 bridgehead atoms. The lowest BCUT2D eigenvalue weighted by Crippen LogP contribution is -2.17. The van der Waals surface area contributed by atoms with Gasteiger partial charge < -0.3 is 10.1 Å². The molecule has 1 aromatic heterocycles. The van der Waals surface area contributed by atoms with Crippen molar-refractivity contribution < 1.29 is 17.9 Å². The number of rotatable bonds is 5. The Labute approximate surface area is 119 Å². The lowest BCUT2D eigenvalue weighted by molar-refractivity contribution is -0.274. The highest BCUT2D eigenvalue weighted by atomic mass is 19.4. The molecule has 2 rings (SSSR count). The zero-order chi connectivity index (χ0) is 15.5. The van der Waals surface area contributed by atoms with Gasteiger partial charge in [0, 0.05) is 17.8 Å². The number of ether oxygens (including phenoxy) is 1. The van der Waals surface area contributed by atoms with Crippen LogP contribution in [0, 0.1) is 0 Å². The molecule has 0 aliphatic carbocycles. The third-order valence-corrected chi connectivity index (χ3v) is 2.65. The molecule has 0 fully saturated rings. The summed E-state index contributed by atoms with van der Waals surface area (Å²) in [6.45, 7) is 4.29. The molecule has 0 amide bonds. The molecular weight excluding hydrogens is 285 g/mol. The number of nitrogens with zero attached hydrogens (tertiary/aromatic N) is 3. The SMILES string of the molecule is CC(C)n1ncnc1CNc1cccc(OC(F)(F)F)c1. The van der Waals surface area contributed by atoms with Gasteiger partial charge in [-0.15, -0.1) is 13.2 Å². The lowest BCUT2D eigenvalue weighted by atomic mass is 10.3. The number of benzene rings is 1. The summed E-state index contributed by atoms with van der Waals surface area (Å²) in [4.78, 5) is 4.11. The Morgan fingerprint density at radius 1 is 1.33 bits per heavy atom. The molecule has 1 heterocycles. The van der Waals surface area contributed by atoms with Crippen LogP contribution in [-0.4, -0.2) is 21.1 Å². The normalized spacial score (nSPS) is 11.7. The van der Waals surface area contributed by atoms with Crippen molar-refractivity contribution in [3.8, 4) is 5.75 Å². The van der Waals surface area contributed by atoms with E-state index in [4.69, 9.17) is 0 Å². The molecule has 0 saturated heterocycles. The Balaban J connectivity index is 2.03. The number of nitrogens with one attached hydrogen (secondary N) is 1. The first-order valence-corrected chi connectivity index (χ1v) is 6.33. The van der Waals surface area contributed by atoms with Crippen LogP contribution in [0.1, 0.15) is 25.7 Å². The molecule has 1 aromatic carbocycles. The number of halogens is 3. The Morgan fingerprint density at radius 2 is 2.10 bits per heavy atom. The molecule has 114 valence electrons. The Morgan fingerprint density at radius 3 is 2.76 bits per heavy atom. The minimum atomic E-state index is -4.70. The smallest absolute Gasteiger partial charge is 0.406 e. The van der Waals surface area contributed by atoms with Crippen molar-refractivity contribution in [2.24, 2.45) is 0 Å². The highest BCUT2D eigenvalue weighted by Crippen LogP contribution is 2.25. The van der Waals surface area contributed by atoms with Gasteiger partial charge in [0.1, 0.15) is 17.9 Å². The molecule has 2 aromatic rings. The van der Waals surface area contributed by atoms with Crippen LogP contribution < -0.4 is 10.1 Å². The van der Waals surface area contributed by atoms with Gasteiger partial charge >= 0.3 is 6.36 Å². The van der Waals surface area contributed by atoms with E-state index in [0.29, 0.717) is 18.1 Å². The largest absolute Gasteiger partial charge is 0.573 e. The molecule has 0 unspecified atom stereocenters. The summed E-state index contributed by atoms with van der Waals surface area (Å²) < 4.78 is 42.1. The molecule has 0 aliphatic rings. The lowest BCUT2D eigenvalue weighted by Gasteiger charge is -2.12. The molecule has 0 radical (unpaired) electrons. The Kier molecular flexibility index (Phi) is 4.35. The average Bonchev–Trinajstić information content (AvgIpc) is 2.83. The molecule has 1 N–H and O–H groups in total. The first kappa shape index (κ1) is 15.1. The van der Waals surface area contributed by atoms with Crippen LogP contribution in [0.4, 0.5) is 18.9 Å². The van der Waals surface area contributed by atoms with Gasteiger partial charge in [-0.2, -0.15) is 5.10 Å². The topological polar surface area (TPSA) is 52.0 Å². The van der Waals surface area contributed by atoms with Gasteiger partial charge in [0.05, 0.1) is 6.54 Å². The third-order valence-electron chi connectivity index (χ3n) is 2.65. The van der Waals surface area contributed by atoms with Crippen molar-refractivity contribution >= 4 is 5.69 Å². The maximum atomic E-state index is 12.2. The summed E-state index contributed by atoms with van der Waals surface area (Å²) >= 11 is 0. The molecule has 21 heavy (non-hydrogen) atoms. The number of aromatic nitrogens is 3. The Bertz CT molecular complexity index is 595. The fourth-order valence-electron chi connectivity index (χ4n) is 1.82. The summed E-state index contributed by atoms with van der Waals surface area (Å²) in [6.07, 6.45) is -3.25. The standard InChI is InChI=1S/C13H15F3N4O/c1-9(2)20-12(18-8-19-20)7-17-10-4-3-5-11(6-10)21-13(14,15)16/h3-6,8-9,17H,7H2,1-2H3. The third kappa shape index (κ3) is 4.37. The second kappa shape index (κ2) is 6.02. The summed E-state index contributed by atoms with van der Waals surface area (Å²) in [5.41, 5.74) is 0.509. The van der Waals surface area contributed by atoms with Crippen molar-refractivity contribution in [3.05, 3.63) is 36.4 Å². The van der Waals surface area contributed by atoms with Gasteiger partial charge in [0.2, 0.25) is 0 Å². The van der Waals surface area contributed by atoms with Crippen LogP contribution in [0.3, 0.4) is 0 Å². The number of alkyl halides is 3. The maximum absolute atomic E-state index is 12.2. The molecule has 0 atom stereocenters.